The summed E-state index contributed by atoms with van der Waals surface area (Å²) >= 11 is 6.21. The smallest absolute Gasteiger partial charge is 0.222 e. The standard InChI is InChI=1S/C21H24ClN3O/c22-18-3-1-2-17(14-18)21(8-9-21)16-6-12-25(13-7-16)20(26)5-4-19-15-23-10-11-24-19/h1-3,10-11,14-16H,4-9,12-13H2. The molecular formula is C21H24ClN3O. The Morgan fingerprint density at radius 2 is 2.04 bits per heavy atom. The highest BCUT2D eigenvalue weighted by Crippen LogP contribution is 2.57. The van der Waals surface area contributed by atoms with E-state index in [2.05, 4.69) is 28.2 Å². The summed E-state index contributed by atoms with van der Waals surface area (Å²) in [6.07, 6.45) is 10.9. The fourth-order valence-corrected chi connectivity index (χ4v) is 4.59. The second kappa shape index (κ2) is 7.36. The van der Waals surface area contributed by atoms with E-state index in [0.29, 0.717) is 24.2 Å². The molecule has 2 heterocycles. The highest BCUT2D eigenvalue weighted by molar-refractivity contribution is 6.30. The van der Waals surface area contributed by atoms with Crippen LogP contribution in [-0.2, 0) is 16.6 Å². The fourth-order valence-electron chi connectivity index (χ4n) is 4.40. The van der Waals surface area contributed by atoms with Gasteiger partial charge in [-0.1, -0.05) is 23.7 Å². The van der Waals surface area contributed by atoms with Crippen molar-refractivity contribution in [3.63, 3.8) is 0 Å². The molecule has 0 unspecified atom stereocenters. The monoisotopic (exact) mass is 369 g/mol. The third-order valence-electron chi connectivity index (χ3n) is 6.03. The van der Waals surface area contributed by atoms with E-state index in [-0.39, 0.29) is 5.91 Å². The largest absolute Gasteiger partial charge is 0.343 e. The molecule has 2 aliphatic rings. The van der Waals surface area contributed by atoms with Crippen molar-refractivity contribution in [2.24, 2.45) is 5.92 Å². The molecule has 0 bridgehead atoms. The molecule has 1 amide bonds. The van der Waals surface area contributed by atoms with Gasteiger partial charge in [0.15, 0.2) is 0 Å². The minimum atomic E-state index is 0.238. The first kappa shape index (κ1) is 17.5. The maximum Gasteiger partial charge on any atom is 0.222 e. The molecule has 1 saturated carbocycles. The number of amides is 1. The Morgan fingerprint density at radius 3 is 2.69 bits per heavy atom. The highest BCUT2D eigenvalue weighted by atomic mass is 35.5. The SMILES string of the molecule is O=C(CCc1cnccn1)N1CCC(C2(c3cccc(Cl)c3)CC2)CC1. The van der Waals surface area contributed by atoms with Gasteiger partial charge in [0, 0.05) is 43.1 Å². The van der Waals surface area contributed by atoms with Crippen molar-refractivity contribution in [1.29, 1.82) is 0 Å². The van der Waals surface area contributed by atoms with Gasteiger partial charge in [-0.3, -0.25) is 14.8 Å². The molecule has 0 atom stereocenters. The van der Waals surface area contributed by atoms with E-state index in [1.807, 2.05) is 11.0 Å². The van der Waals surface area contributed by atoms with Crippen molar-refractivity contribution in [2.45, 2.75) is 43.9 Å². The molecule has 1 aromatic heterocycles. The van der Waals surface area contributed by atoms with Crippen LogP contribution >= 0.6 is 11.6 Å². The first-order valence-electron chi connectivity index (χ1n) is 9.46. The first-order chi connectivity index (χ1) is 12.7. The van der Waals surface area contributed by atoms with Crippen LogP contribution in [0.2, 0.25) is 5.02 Å². The zero-order chi connectivity index (χ0) is 18.0. The molecule has 2 fully saturated rings. The van der Waals surface area contributed by atoms with Gasteiger partial charge < -0.3 is 4.90 Å². The number of rotatable bonds is 5. The number of nitrogens with zero attached hydrogens (tertiary/aromatic N) is 3. The molecular weight excluding hydrogens is 346 g/mol. The van der Waals surface area contributed by atoms with E-state index in [9.17, 15) is 4.79 Å². The van der Waals surface area contributed by atoms with Gasteiger partial charge in [0.05, 0.1) is 5.69 Å². The molecule has 1 saturated heterocycles. The van der Waals surface area contributed by atoms with E-state index in [1.165, 1.54) is 18.4 Å². The van der Waals surface area contributed by atoms with E-state index in [1.54, 1.807) is 18.6 Å². The third kappa shape index (κ3) is 3.61. The molecule has 26 heavy (non-hydrogen) atoms. The summed E-state index contributed by atoms with van der Waals surface area (Å²) in [5.41, 5.74) is 2.57. The van der Waals surface area contributed by atoms with E-state index >= 15 is 0 Å². The number of hydrogen-bond donors (Lipinski definition) is 0. The molecule has 2 aromatic rings. The minimum Gasteiger partial charge on any atom is -0.343 e. The second-order valence-corrected chi connectivity index (χ2v) is 7.95. The average molecular weight is 370 g/mol. The Balaban J connectivity index is 1.32. The number of benzene rings is 1. The predicted molar refractivity (Wildman–Crippen MR) is 102 cm³/mol. The number of likely N-dealkylation sites (tertiary alicyclic amines) is 1. The quantitative estimate of drug-likeness (QED) is 0.799. The maximum atomic E-state index is 12.5. The van der Waals surface area contributed by atoms with Crippen LogP contribution < -0.4 is 0 Å². The molecule has 1 aromatic carbocycles. The van der Waals surface area contributed by atoms with Gasteiger partial charge in [-0.2, -0.15) is 0 Å². The summed E-state index contributed by atoms with van der Waals surface area (Å²) in [6, 6.07) is 8.35. The number of aryl methyl sites for hydroxylation is 1. The van der Waals surface area contributed by atoms with Crippen molar-refractivity contribution in [1.82, 2.24) is 14.9 Å². The van der Waals surface area contributed by atoms with Crippen LogP contribution in [0.3, 0.4) is 0 Å². The molecule has 0 radical (unpaired) electrons. The van der Waals surface area contributed by atoms with Crippen LogP contribution in [0.4, 0.5) is 0 Å². The van der Waals surface area contributed by atoms with Crippen molar-refractivity contribution in [2.75, 3.05) is 13.1 Å². The molecule has 0 N–H and O–H groups in total. The second-order valence-electron chi connectivity index (χ2n) is 7.52. The average Bonchev–Trinajstić information content (AvgIpc) is 3.49. The zero-order valence-corrected chi connectivity index (χ0v) is 15.7. The maximum absolute atomic E-state index is 12.5. The topological polar surface area (TPSA) is 46.1 Å². The summed E-state index contributed by atoms with van der Waals surface area (Å²) in [4.78, 5) is 22.8. The Hall–Kier alpha value is -1.94. The van der Waals surface area contributed by atoms with Crippen LogP contribution in [-0.4, -0.2) is 33.9 Å². The number of carbonyl (C=O) groups is 1. The van der Waals surface area contributed by atoms with E-state index < -0.39 is 0 Å². The van der Waals surface area contributed by atoms with E-state index in [4.69, 9.17) is 11.6 Å². The Kier molecular flexibility index (Phi) is 4.94. The fraction of sp³-hybridized carbons (Fsp3) is 0.476. The molecule has 0 spiro atoms. The molecule has 136 valence electrons. The zero-order valence-electron chi connectivity index (χ0n) is 14.9. The molecule has 1 aliphatic heterocycles. The lowest BCUT2D eigenvalue weighted by molar-refractivity contribution is -0.132. The van der Waals surface area contributed by atoms with Gasteiger partial charge >= 0.3 is 0 Å². The van der Waals surface area contributed by atoms with Crippen LogP contribution in [0, 0.1) is 5.92 Å². The van der Waals surface area contributed by atoms with Crippen molar-refractivity contribution >= 4 is 17.5 Å². The van der Waals surface area contributed by atoms with Crippen LogP contribution in [0.25, 0.3) is 0 Å². The van der Waals surface area contributed by atoms with Crippen LogP contribution in [0.15, 0.2) is 42.9 Å². The van der Waals surface area contributed by atoms with Crippen molar-refractivity contribution in [3.8, 4) is 0 Å². The number of aromatic nitrogens is 2. The summed E-state index contributed by atoms with van der Waals surface area (Å²) in [5, 5.41) is 0.824. The molecule has 4 nitrogen and oxygen atoms in total. The van der Waals surface area contributed by atoms with E-state index in [0.717, 1.165) is 36.6 Å². The lowest BCUT2D eigenvalue weighted by Gasteiger charge is -2.37. The van der Waals surface area contributed by atoms with Crippen molar-refractivity contribution in [3.05, 3.63) is 59.1 Å². The van der Waals surface area contributed by atoms with Gasteiger partial charge in [0.1, 0.15) is 0 Å². The summed E-state index contributed by atoms with van der Waals surface area (Å²) in [6.45, 7) is 1.73. The number of halogens is 1. The lowest BCUT2D eigenvalue weighted by Crippen LogP contribution is -2.41. The van der Waals surface area contributed by atoms with Gasteiger partial charge in [0.2, 0.25) is 5.91 Å². The van der Waals surface area contributed by atoms with Gasteiger partial charge in [-0.15, -0.1) is 0 Å². The summed E-state index contributed by atoms with van der Waals surface area (Å²) in [7, 11) is 0. The van der Waals surface area contributed by atoms with Gasteiger partial charge in [-0.05, 0) is 61.1 Å². The predicted octanol–water partition coefficient (Wildman–Crippen LogP) is 4.03. The minimum absolute atomic E-state index is 0.238. The summed E-state index contributed by atoms with van der Waals surface area (Å²) < 4.78 is 0. The molecule has 4 rings (SSSR count). The Labute approximate surface area is 159 Å². The molecule has 5 heteroatoms. The summed E-state index contributed by atoms with van der Waals surface area (Å²) in [5.74, 6) is 0.895. The normalized spacial score (nSPS) is 19.3. The Morgan fingerprint density at radius 1 is 1.23 bits per heavy atom. The number of piperidine rings is 1. The van der Waals surface area contributed by atoms with Crippen LogP contribution in [0.5, 0.6) is 0 Å². The highest BCUT2D eigenvalue weighted by Gasteiger charge is 2.51. The lowest BCUT2D eigenvalue weighted by atomic mass is 9.77. The third-order valence-corrected chi connectivity index (χ3v) is 6.26. The Bertz CT molecular complexity index is 768. The van der Waals surface area contributed by atoms with Crippen LogP contribution in [0.1, 0.15) is 43.4 Å². The van der Waals surface area contributed by atoms with Gasteiger partial charge in [-0.25, -0.2) is 0 Å². The number of hydrogen-bond acceptors (Lipinski definition) is 3. The molecule has 1 aliphatic carbocycles. The first-order valence-corrected chi connectivity index (χ1v) is 9.84. The number of carbonyl (C=O) groups excluding carboxylic acids is 1. The van der Waals surface area contributed by atoms with Crippen molar-refractivity contribution < 1.29 is 4.79 Å². The van der Waals surface area contributed by atoms with Gasteiger partial charge in [0.25, 0.3) is 0 Å².